The Hall–Kier alpha value is -1.29. The van der Waals surface area contributed by atoms with Crippen LogP contribution in [0.2, 0.25) is 0 Å². The molecule has 0 aromatic heterocycles. The summed E-state index contributed by atoms with van der Waals surface area (Å²) in [6, 6.07) is 5.32. The molecule has 0 aliphatic carbocycles. The Balaban J connectivity index is 2.94. The standard InChI is InChI=1S/C10H14N2OS/c1-6(2)8-4-3-7(5-9(8)13)12-10(11)14/h3-6,13H,1-2H3,(H3,11,12,14). The van der Waals surface area contributed by atoms with E-state index in [1.54, 1.807) is 6.07 Å². The molecule has 3 nitrogen and oxygen atoms in total. The van der Waals surface area contributed by atoms with Crippen LogP contribution < -0.4 is 11.1 Å². The van der Waals surface area contributed by atoms with Crippen LogP contribution in [0.3, 0.4) is 0 Å². The van der Waals surface area contributed by atoms with E-state index in [1.165, 1.54) is 0 Å². The number of hydrogen-bond acceptors (Lipinski definition) is 2. The van der Waals surface area contributed by atoms with Crippen molar-refractivity contribution in [1.82, 2.24) is 0 Å². The molecule has 0 heterocycles. The average molecular weight is 210 g/mol. The largest absolute Gasteiger partial charge is 0.508 e. The predicted octanol–water partition coefficient (Wildman–Crippen LogP) is 2.17. The lowest BCUT2D eigenvalue weighted by Crippen LogP contribution is -2.18. The highest BCUT2D eigenvalue weighted by atomic mass is 32.1. The maximum absolute atomic E-state index is 9.65. The van der Waals surface area contributed by atoms with Crippen LogP contribution in [-0.2, 0) is 0 Å². The van der Waals surface area contributed by atoms with Gasteiger partial charge in [0.05, 0.1) is 0 Å². The molecule has 0 amide bonds. The maximum atomic E-state index is 9.65. The molecule has 0 fully saturated rings. The van der Waals surface area contributed by atoms with Gasteiger partial charge < -0.3 is 16.2 Å². The average Bonchev–Trinajstić information content (AvgIpc) is 2.01. The Morgan fingerprint density at radius 2 is 2.14 bits per heavy atom. The van der Waals surface area contributed by atoms with Crippen LogP contribution in [0.5, 0.6) is 5.75 Å². The highest BCUT2D eigenvalue weighted by Gasteiger charge is 2.06. The number of phenols is 1. The van der Waals surface area contributed by atoms with Crippen LogP contribution in [0.15, 0.2) is 18.2 Å². The van der Waals surface area contributed by atoms with Gasteiger partial charge in [0.1, 0.15) is 5.75 Å². The summed E-state index contributed by atoms with van der Waals surface area (Å²) in [6.07, 6.45) is 0. The summed E-state index contributed by atoms with van der Waals surface area (Å²) in [5, 5.41) is 12.6. The zero-order valence-corrected chi connectivity index (χ0v) is 9.06. The first-order valence-corrected chi connectivity index (χ1v) is 4.81. The van der Waals surface area contributed by atoms with Gasteiger partial charge in [0.2, 0.25) is 0 Å². The Morgan fingerprint density at radius 1 is 1.50 bits per heavy atom. The van der Waals surface area contributed by atoms with Gasteiger partial charge in [-0.3, -0.25) is 0 Å². The monoisotopic (exact) mass is 210 g/mol. The first-order chi connectivity index (χ1) is 6.50. The van der Waals surface area contributed by atoms with Crippen molar-refractivity contribution < 1.29 is 5.11 Å². The van der Waals surface area contributed by atoms with Crippen molar-refractivity contribution in [3.05, 3.63) is 23.8 Å². The van der Waals surface area contributed by atoms with E-state index in [4.69, 9.17) is 18.0 Å². The Morgan fingerprint density at radius 3 is 2.57 bits per heavy atom. The minimum atomic E-state index is 0.196. The van der Waals surface area contributed by atoms with Gasteiger partial charge >= 0.3 is 0 Å². The second-order valence-electron chi connectivity index (χ2n) is 3.42. The summed E-state index contributed by atoms with van der Waals surface area (Å²) >= 11 is 4.69. The number of rotatable bonds is 2. The molecule has 0 spiro atoms. The van der Waals surface area contributed by atoms with Crippen LogP contribution in [0.25, 0.3) is 0 Å². The number of hydrogen-bond donors (Lipinski definition) is 3. The number of nitrogens with two attached hydrogens (primary N) is 1. The predicted molar refractivity (Wildman–Crippen MR) is 62.6 cm³/mol. The summed E-state index contributed by atoms with van der Waals surface area (Å²) in [7, 11) is 0. The molecule has 1 aromatic carbocycles. The molecule has 0 saturated carbocycles. The van der Waals surface area contributed by atoms with Gasteiger partial charge in [-0.15, -0.1) is 0 Å². The molecule has 0 saturated heterocycles. The van der Waals surface area contributed by atoms with Gasteiger partial charge in [-0.1, -0.05) is 19.9 Å². The van der Waals surface area contributed by atoms with Crippen LogP contribution in [0, 0.1) is 0 Å². The van der Waals surface area contributed by atoms with Crippen molar-refractivity contribution in [1.29, 1.82) is 0 Å². The third-order valence-corrected chi connectivity index (χ3v) is 2.02. The smallest absolute Gasteiger partial charge is 0.168 e. The molecule has 14 heavy (non-hydrogen) atoms. The van der Waals surface area contributed by atoms with Crippen molar-refractivity contribution in [2.45, 2.75) is 19.8 Å². The zero-order valence-electron chi connectivity index (χ0n) is 8.24. The minimum Gasteiger partial charge on any atom is -0.508 e. The Kier molecular flexibility index (Phi) is 3.30. The Bertz CT molecular complexity index is 350. The fourth-order valence-corrected chi connectivity index (χ4v) is 1.37. The molecule has 1 rings (SSSR count). The van der Waals surface area contributed by atoms with E-state index in [9.17, 15) is 5.11 Å². The number of aromatic hydroxyl groups is 1. The molecule has 0 atom stereocenters. The first kappa shape index (κ1) is 10.8. The lowest BCUT2D eigenvalue weighted by Gasteiger charge is -2.10. The lowest BCUT2D eigenvalue weighted by atomic mass is 10.0. The second kappa shape index (κ2) is 4.28. The molecule has 4 heteroatoms. The molecule has 0 radical (unpaired) electrons. The van der Waals surface area contributed by atoms with Crippen molar-refractivity contribution in [2.75, 3.05) is 5.32 Å². The quantitative estimate of drug-likeness (QED) is 0.655. The maximum Gasteiger partial charge on any atom is 0.168 e. The van der Waals surface area contributed by atoms with Crippen molar-refractivity contribution in [3.8, 4) is 5.75 Å². The first-order valence-electron chi connectivity index (χ1n) is 4.40. The molecule has 4 N–H and O–H groups in total. The number of nitrogens with one attached hydrogen (secondary N) is 1. The van der Waals surface area contributed by atoms with E-state index < -0.39 is 0 Å². The summed E-state index contributed by atoms with van der Waals surface area (Å²) < 4.78 is 0. The van der Waals surface area contributed by atoms with E-state index in [2.05, 4.69) is 5.32 Å². The molecule has 0 aliphatic heterocycles. The van der Waals surface area contributed by atoms with Gasteiger partial charge in [-0.2, -0.15) is 0 Å². The lowest BCUT2D eigenvalue weighted by molar-refractivity contribution is 0.465. The topological polar surface area (TPSA) is 58.3 Å². The van der Waals surface area contributed by atoms with E-state index >= 15 is 0 Å². The number of thiocarbonyl (C=S) groups is 1. The van der Waals surface area contributed by atoms with Crippen LogP contribution in [-0.4, -0.2) is 10.2 Å². The van der Waals surface area contributed by atoms with Crippen LogP contribution >= 0.6 is 12.2 Å². The molecule has 1 aromatic rings. The molecular formula is C10H14N2OS. The molecular weight excluding hydrogens is 196 g/mol. The van der Waals surface area contributed by atoms with Gasteiger partial charge in [0, 0.05) is 11.8 Å². The molecule has 0 unspecified atom stereocenters. The third kappa shape index (κ3) is 2.60. The molecule has 76 valence electrons. The van der Waals surface area contributed by atoms with E-state index in [0.717, 1.165) is 5.56 Å². The molecule has 0 aliphatic rings. The number of benzene rings is 1. The Labute approximate surface area is 88.9 Å². The van der Waals surface area contributed by atoms with Gasteiger partial charge in [-0.05, 0) is 29.8 Å². The van der Waals surface area contributed by atoms with Crippen molar-refractivity contribution in [2.24, 2.45) is 5.73 Å². The van der Waals surface area contributed by atoms with Crippen molar-refractivity contribution in [3.63, 3.8) is 0 Å². The SMILES string of the molecule is CC(C)c1ccc(NC(N)=S)cc1O. The normalized spacial score (nSPS) is 10.2. The minimum absolute atomic E-state index is 0.196. The number of anilines is 1. The van der Waals surface area contributed by atoms with Gasteiger partial charge in [0.15, 0.2) is 5.11 Å². The third-order valence-electron chi connectivity index (χ3n) is 1.92. The van der Waals surface area contributed by atoms with Crippen molar-refractivity contribution >= 4 is 23.0 Å². The zero-order chi connectivity index (χ0) is 10.7. The van der Waals surface area contributed by atoms with Crippen LogP contribution in [0.1, 0.15) is 25.3 Å². The second-order valence-corrected chi connectivity index (χ2v) is 3.86. The van der Waals surface area contributed by atoms with E-state index in [-0.39, 0.29) is 10.9 Å². The van der Waals surface area contributed by atoms with E-state index in [1.807, 2.05) is 26.0 Å². The van der Waals surface area contributed by atoms with Crippen LogP contribution in [0.4, 0.5) is 5.69 Å². The van der Waals surface area contributed by atoms with E-state index in [0.29, 0.717) is 11.6 Å². The molecule has 0 bridgehead atoms. The summed E-state index contributed by atoms with van der Waals surface area (Å²) in [5.41, 5.74) is 6.93. The number of phenolic OH excluding ortho intramolecular Hbond substituents is 1. The highest BCUT2D eigenvalue weighted by Crippen LogP contribution is 2.27. The summed E-state index contributed by atoms with van der Waals surface area (Å²) in [5.74, 6) is 0.565. The highest BCUT2D eigenvalue weighted by molar-refractivity contribution is 7.80. The van der Waals surface area contributed by atoms with Gasteiger partial charge in [0.25, 0.3) is 0 Å². The van der Waals surface area contributed by atoms with Gasteiger partial charge in [-0.25, -0.2) is 0 Å². The summed E-state index contributed by atoms with van der Waals surface area (Å²) in [6.45, 7) is 4.05. The fourth-order valence-electron chi connectivity index (χ4n) is 1.25. The fraction of sp³-hybridized carbons (Fsp3) is 0.300. The summed E-state index contributed by atoms with van der Waals surface area (Å²) in [4.78, 5) is 0.